The summed E-state index contributed by atoms with van der Waals surface area (Å²) in [4.78, 5) is 12.9. The van der Waals surface area contributed by atoms with Crippen LogP contribution in [0.1, 0.15) is 23.3 Å². The van der Waals surface area contributed by atoms with E-state index in [9.17, 15) is 19.7 Å². The molecule has 1 aliphatic rings. The predicted molar refractivity (Wildman–Crippen MR) is 126 cm³/mol. The van der Waals surface area contributed by atoms with Crippen molar-refractivity contribution < 1.29 is 24.4 Å². The molecule has 10 nitrogen and oxygen atoms in total. The number of nitrogens with two attached hydrogens (primary N) is 1. The standard InChI is InChI=1S/C24H25FN6O4/c25-15-8-6-14(7-9-15)16(13-4-2-1-3-5-13)10-27-21-18-22(30-24(26)29-21)31(12-28-18)23-20(34)19(33)17(11-32)35-23/h1-9,12,16-17,19-20,23,32-34H,10-11H2,(H3,26,27,29,30)/t16?,17-,19-,20-,23-/m1/s1. The highest BCUT2D eigenvalue weighted by Gasteiger charge is 2.44. The molecule has 1 aliphatic heterocycles. The first-order chi connectivity index (χ1) is 17.0. The molecule has 1 saturated heterocycles. The summed E-state index contributed by atoms with van der Waals surface area (Å²) >= 11 is 0. The minimum absolute atomic E-state index is 0.0217. The highest BCUT2D eigenvalue weighted by molar-refractivity contribution is 5.84. The number of rotatable bonds is 7. The van der Waals surface area contributed by atoms with Crippen molar-refractivity contribution in [2.24, 2.45) is 0 Å². The molecule has 0 saturated carbocycles. The minimum Gasteiger partial charge on any atom is -0.394 e. The van der Waals surface area contributed by atoms with Gasteiger partial charge in [0.2, 0.25) is 5.95 Å². The molecule has 0 bridgehead atoms. The van der Waals surface area contributed by atoms with Crippen molar-refractivity contribution in [2.45, 2.75) is 30.5 Å². The fourth-order valence-electron chi connectivity index (χ4n) is 4.36. The number of aliphatic hydroxyl groups excluding tert-OH is 3. The third kappa shape index (κ3) is 4.42. The van der Waals surface area contributed by atoms with Gasteiger partial charge in [-0.05, 0) is 23.3 Å². The summed E-state index contributed by atoms with van der Waals surface area (Å²) in [7, 11) is 0. The van der Waals surface area contributed by atoms with Crippen LogP contribution in [0.15, 0.2) is 60.9 Å². The molecule has 5 atom stereocenters. The van der Waals surface area contributed by atoms with Crippen LogP contribution in [-0.2, 0) is 4.74 Å². The number of hydrogen-bond acceptors (Lipinski definition) is 9. The number of fused-ring (bicyclic) bond motifs is 1. The fourth-order valence-corrected chi connectivity index (χ4v) is 4.36. The van der Waals surface area contributed by atoms with E-state index in [2.05, 4.69) is 20.3 Å². The van der Waals surface area contributed by atoms with Gasteiger partial charge in [-0.1, -0.05) is 42.5 Å². The van der Waals surface area contributed by atoms with E-state index in [0.29, 0.717) is 23.5 Å². The lowest BCUT2D eigenvalue weighted by Gasteiger charge is -2.20. The molecule has 2 aromatic heterocycles. The lowest BCUT2D eigenvalue weighted by atomic mass is 9.91. The zero-order valence-electron chi connectivity index (χ0n) is 18.6. The Hall–Kier alpha value is -3.64. The van der Waals surface area contributed by atoms with Gasteiger partial charge in [0.25, 0.3) is 0 Å². The minimum atomic E-state index is -1.29. The van der Waals surface area contributed by atoms with Crippen LogP contribution >= 0.6 is 0 Å². The SMILES string of the molecule is Nc1nc(NCC(c2ccccc2)c2ccc(F)cc2)c2ncn([C@@H]3O[C@H](CO)[C@@H](O)[C@H]3O)c2n1. The van der Waals surface area contributed by atoms with Gasteiger partial charge < -0.3 is 31.1 Å². The average Bonchev–Trinajstić information content (AvgIpc) is 3.41. The molecule has 0 aliphatic carbocycles. The number of hydrogen-bond donors (Lipinski definition) is 5. The van der Waals surface area contributed by atoms with Crippen LogP contribution in [0.3, 0.4) is 0 Å². The van der Waals surface area contributed by atoms with Gasteiger partial charge in [-0.25, -0.2) is 9.37 Å². The number of nitrogen functional groups attached to an aromatic ring is 1. The van der Waals surface area contributed by atoms with E-state index < -0.39 is 31.1 Å². The third-order valence-electron chi connectivity index (χ3n) is 6.18. The molecule has 3 heterocycles. The molecule has 11 heteroatoms. The lowest BCUT2D eigenvalue weighted by molar-refractivity contribution is -0.0511. The third-order valence-corrected chi connectivity index (χ3v) is 6.18. The van der Waals surface area contributed by atoms with Gasteiger partial charge in [0.1, 0.15) is 24.1 Å². The average molecular weight is 481 g/mol. The van der Waals surface area contributed by atoms with Crippen LogP contribution < -0.4 is 11.1 Å². The van der Waals surface area contributed by atoms with E-state index in [1.54, 1.807) is 12.1 Å². The van der Waals surface area contributed by atoms with Gasteiger partial charge in [-0.2, -0.15) is 9.97 Å². The number of aliphatic hydroxyl groups is 3. The summed E-state index contributed by atoms with van der Waals surface area (Å²) in [5.41, 5.74) is 8.61. The van der Waals surface area contributed by atoms with Crippen LogP contribution in [0.25, 0.3) is 11.2 Å². The number of nitrogens with zero attached hydrogens (tertiary/aromatic N) is 4. The van der Waals surface area contributed by atoms with E-state index >= 15 is 0 Å². The Morgan fingerprint density at radius 3 is 2.43 bits per heavy atom. The van der Waals surface area contributed by atoms with Crippen LogP contribution in [0.2, 0.25) is 0 Å². The maximum Gasteiger partial charge on any atom is 0.224 e. The molecular formula is C24H25FN6O4. The van der Waals surface area contributed by atoms with Gasteiger partial charge in [-0.3, -0.25) is 4.57 Å². The van der Waals surface area contributed by atoms with Gasteiger partial charge >= 0.3 is 0 Å². The van der Waals surface area contributed by atoms with Crippen LogP contribution in [0.4, 0.5) is 16.2 Å². The van der Waals surface area contributed by atoms with Crippen molar-refractivity contribution in [3.05, 3.63) is 77.9 Å². The Kier molecular flexibility index (Phi) is 6.31. The molecule has 2 aromatic carbocycles. The van der Waals surface area contributed by atoms with E-state index in [1.807, 2.05) is 30.3 Å². The molecule has 182 valence electrons. The Bertz CT molecular complexity index is 1300. The Morgan fingerprint density at radius 2 is 1.74 bits per heavy atom. The fraction of sp³-hybridized carbons (Fsp3) is 0.292. The van der Waals surface area contributed by atoms with E-state index in [0.717, 1.165) is 11.1 Å². The molecule has 1 unspecified atom stereocenters. The number of halogens is 1. The van der Waals surface area contributed by atoms with E-state index in [1.165, 1.54) is 23.0 Å². The van der Waals surface area contributed by atoms with Gasteiger partial charge in [0.05, 0.1) is 12.9 Å². The molecule has 6 N–H and O–H groups in total. The summed E-state index contributed by atoms with van der Waals surface area (Å²) in [6.07, 6.45) is -3.09. The summed E-state index contributed by atoms with van der Waals surface area (Å²) in [6, 6.07) is 16.1. The number of aromatic nitrogens is 4. The molecule has 0 amide bonds. The van der Waals surface area contributed by atoms with Crippen molar-refractivity contribution in [1.29, 1.82) is 0 Å². The summed E-state index contributed by atoms with van der Waals surface area (Å²) in [5.74, 6) is -0.0765. The maximum atomic E-state index is 13.5. The molecule has 1 fully saturated rings. The van der Waals surface area contributed by atoms with Crippen LogP contribution in [0.5, 0.6) is 0 Å². The second-order valence-electron chi connectivity index (χ2n) is 8.38. The van der Waals surface area contributed by atoms with Crippen molar-refractivity contribution in [2.75, 3.05) is 24.2 Å². The molecular weight excluding hydrogens is 455 g/mol. The first-order valence-corrected chi connectivity index (χ1v) is 11.1. The first-order valence-electron chi connectivity index (χ1n) is 11.1. The van der Waals surface area contributed by atoms with Gasteiger partial charge in [0.15, 0.2) is 23.2 Å². The monoisotopic (exact) mass is 480 g/mol. The largest absolute Gasteiger partial charge is 0.394 e. The Balaban J connectivity index is 1.46. The smallest absolute Gasteiger partial charge is 0.224 e. The Labute approximate surface area is 199 Å². The zero-order valence-corrected chi connectivity index (χ0v) is 18.6. The Morgan fingerprint density at radius 1 is 1.03 bits per heavy atom. The number of anilines is 2. The highest BCUT2D eigenvalue weighted by atomic mass is 19.1. The van der Waals surface area contributed by atoms with Crippen molar-refractivity contribution in [1.82, 2.24) is 19.5 Å². The quantitative estimate of drug-likeness (QED) is 0.264. The van der Waals surface area contributed by atoms with Gasteiger partial charge in [0, 0.05) is 12.5 Å². The number of nitrogens with one attached hydrogen (secondary N) is 1. The summed E-state index contributed by atoms with van der Waals surface area (Å²) in [5, 5.41) is 33.2. The normalized spacial score (nSPS) is 23.0. The topological polar surface area (TPSA) is 152 Å². The van der Waals surface area contributed by atoms with Crippen LogP contribution in [0, 0.1) is 5.82 Å². The van der Waals surface area contributed by atoms with Crippen molar-refractivity contribution in [3.63, 3.8) is 0 Å². The number of ether oxygens (including phenoxy) is 1. The van der Waals surface area contributed by atoms with Crippen molar-refractivity contribution >= 4 is 22.9 Å². The van der Waals surface area contributed by atoms with E-state index in [-0.39, 0.29) is 17.7 Å². The molecule has 0 spiro atoms. The summed E-state index contributed by atoms with van der Waals surface area (Å²) < 4.78 is 20.6. The second kappa shape index (κ2) is 9.55. The molecule has 5 rings (SSSR count). The van der Waals surface area contributed by atoms with Gasteiger partial charge in [-0.15, -0.1) is 0 Å². The predicted octanol–water partition coefficient (Wildman–Crippen LogP) is 1.40. The maximum absolute atomic E-state index is 13.5. The molecule has 4 aromatic rings. The molecule has 0 radical (unpaired) electrons. The lowest BCUT2D eigenvalue weighted by Crippen LogP contribution is -2.33. The van der Waals surface area contributed by atoms with E-state index in [4.69, 9.17) is 10.5 Å². The highest BCUT2D eigenvalue weighted by Crippen LogP contribution is 2.33. The molecule has 35 heavy (non-hydrogen) atoms. The summed E-state index contributed by atoms with van der Waals surface area (Å²) in [6.45, 7) is -0.0442. The second-order valence-corrected chi connectivity index (χ2v) is 8.38. The number of benzene rings is 2. The van der Waals surface area contributed by atoms with Crippen LogP contribution in [-0.4, -0.2) is 66.3 Å². The zero-order chi connectivity index (χ0) is 24.5. The first kappa shape index (κ1) is 23.1. The van der Waals surface area contributed by atoms with Crippen molar-refractivity contribution in [3.8, 4) is 0 Å². The number of imidazole rings is 1.